The Morgan fingerprint density at radius 1 is 1.25 bits per heavy atom. The summed E-state index contributed by atoms with van der Waals surface area (Å²) in [5.41, 5.74) is 3.78. The number of hydrazone groups is 1. The first-order chi connectivity index (χ1) is 13.5. The molecule has 3 rings (SSSR count). The van der Waals surface area contributed by atoms with Crippen molar-refractivity contribution in [3.8, 4) is 5.75 Å². The summed E-state index contributed by atoms with van der Waals surface area (Å²) >= 11 is 5.79. The molecule has 1 N–H and O–H groups in total. The SMILES string of the molecule is O=C(COc1ccc(Cl)cc1)N/N=C/c1cc([N+](=O)[O-])ccc1N1CCCC1. The number of nitro benzene ring substituents is 1. The van der Waals surface area contributed by atoms with Crippen molar-refractivity contribution in [2.24, 2.45) is 5.10 Å². The summed E-state index contributed by atoms with van der Waals surface area (Å²) in [4.78, 5) is 24.7. The fraction of sp³-hybridized carbons (Fsp3) is 0.263. The molecule has 2 aromatic rings. The average molecular weight is 403 g/mol. The summed E-state index contributed by atoms with van der Waals surface area (Å²) in [6.45, 7) is 1.56. The summed E-state index contributed by atoms with van der Waals surface area (Å²) in [7, 11) is 0. The predicted molar refractivity (Wildman–Crippen MR) is 107 cm³/mol. The molecule has 0 saturated carbocycles. The number of nitrogens with zero attached hydrogens (tertiary/aromatic N) is 3. The predicted octanol–water partition coefficient (Wildman–Crippen LogP) is 3.38. The van der Waals surface area contributed by atoms with Crippen LogP contribution in [0.5, 0.6) is 5.75 Å². The molecule has 2 aromatic carbocycles. The average Bonchev–Trinajstić information content (AvgIpc) is 3.22. The lowest BCUT2D eigenvalue weighted by molar-refractivity contribution is -0.384. The van der Waals surface area contributed by atoms with Crippen LogP contribution >= 0.6 is 11.6 Å². The molecule has 0 atom stereocenters. The van der Waals surface area contributed by atoms with E-state index in [2.05, 4.69) is 15.4 Å². The summed E-state index contributed by atoms with van der Waals surface area (Å²) < 4.78 is 5.34. The first-order valence-electron chi connectivity index (χ1n) is 8.76. The quantitative estimate of drug-likeness (QED) is 0.435. The molecular weight excluding hydrogens is 384 g/mol. The summed E-state index contributed by atoms with van der Waals surface area (Å²) in [6, 6.07) is 11.3. The van der Waals surface area contributed by atoms with Crippen molar-refractivity contribution in [3.63, 3.8) is 0 Å². The van der Waals surface area contributed by atoms with E-state index in [1.165, 1.54) is 18.3 Å². The molecule has 1 heterocycles. The number of anilines is 1. The highest BCUT2D eigenvalue weighted by Gasteiger charge is 2.17. The van der Waals surface area contributed by atoms with Crippen LogP contribution in [-0.2, 0) is 4.79 Å². The van der Waals surface area contributed by atoms with E-state index in [9.17, 15) is 14.9 Å². The van der Waals surface area contributed by atoms with Gasteiger partial charge >= 0.3 is 0 Å². The Kier molecular flexibility index (Phi) is 6.44. The molecule has 0 aliphatic carbocycles. The van der Waals surface area contributed by atoms with Crippen LogP contribution in [0.15, 0.2) is 47.6 Å². The van der Waals surface area contributed by atoms with E-state index in [1.807, 2.05) is 0 Å². The van der Waals surface area contributed by atoms with E-state index in [0.717, 1.165) is 31.6 Å². The first kappa shape index (κ1) is 19.6. The maximum absolute atomic E-state index is 11.9. The van der Waals surface area contributed by atoms with Gasteiger partial charge in [-0.2, -0.15) is 5.10 Å². The first-order valence-corrected chi connectivity index (χ1v) is 9.14. The summed E-state index contributed by atoms with van der Waals surface area (Å²) in [5.74, 6) is 0.0675. The van der Waals surface area contributed by atoms with Crippen LogP contribution in [-0.4, -0.2) is 36.7 Å². The lowest BCUT2D eigenvalue weighted by Crippen LogP contribution is -2.25. The van der Waals surface area contributed by atoms with Gasteiger partial charge in [-0.15, -0.1) is 0 Å². The Morgan fingerprint density at radius 3 is 2.64 bits per heavy atom. The molecule has 0 spiro atoms. The van der Waals surface area contributed by atoms with Gasteiger partial charge in [-0.25, -0.2) is 5.43 Å². The standard InChI is InChI=1S/C19H19ClN4O4/c20-15-3-6-17(7-4-15)28-13-19(25)22-21-12-14-11-16(24(26)27)5-8-18(14)23-9-1-2-10-23/h3-8,11-12H,1-2,9-10,13H2,(H,22,25)/b21-12+. The Hall–Kier alpha value is -3.13. The number of hydrogen-bond acceptors (Lipinski definition) is 6. The Morgan fingerprint density at radius 2 is 1.96 bits per heavy atom. The maximum Gasteiger partial charge on any atom is 0.277 e. The molecule has 0 unspecified atom stereocenters. The van der Waals surface area contributed by atoms with Crippen molar-refractivity contribution >= 4 is 35.1 Å². The van der Waals surface area contributed by atoms with Gasteiger partial charge in [0, 0.05) is 41.5 Å². The number of carbonyl (C=O) groups is 1. The molecule has 1 aliphatic heterocycles. The minimum absolute atomic E-state index is 0.0261. The third kappa shape index (κ3) is 5.20. The fourth-order valence-corrected chi connectivity index (χ4v) is 3.02. The van der Waals surface area contributed by atoms with Gasteiger partial charge in [-0.3, -0.25) is 14.9 Å². The maximum atomic E-state index is 11.9. The van der Waals surface area contributed by atoms with Gasteiger partial charge in [-0.1, -0.05) is 11.6 Å². The molecule has 146 valence electrons. The van der Waals surface area contributed by atoms with E-state index in [-0.39, 0.29) is 12.3 Å². The molecule has 1 fully saturated rings. The molecule has 9 heteroatoms. The number of non-ortho nitro benzene ring substituents is 1. The number of hydrogen-bond donors (Lipinski definition) is 1. The summed E-state index contributed by atoms with van der Waals surface area (Å²) in [6.07, 6.45) is 3.57. The van der Waals surface area contributed by atoms with Crippen molar-refractivity contribution in [3.05, 3.63) is 63.2 Å². The number of carbonyl (C=O) groups excluding carboxylic acids is 1. The van der Waals surface area contributed by atoms with Crippen LogP contribution in [0.2, 0.25) is 5.02 Å². The van der Waals surface area contributed by atoms with Crippen LogP contribution in [0.3, 0.4) is 0 Å². The highest BCUT2D eigenvalue weighted by molar-refractivity contribution is 6.30. The Bertz CT molecular complexity index is 880. The lowest BCUT2D eigenvalue weighted by Gasteiger charge is -2.19. The monoisotopic (exact) mass is 402 g/mol. The van der Waals surface area contributed by atoms with Crippen LogP contribution < -0.4 is 15.1 Å². The van der Waals surface area contributed by atoms with Crippen LogP contribution in [0.4, 0.5) is 11.4 Å². The molecule has 1 aliphatic rings. The fourth-order valence-electron chi connectivity index (χ4n) is 2.89. The summed E-state index contributed by atoms with van der Waals surface area (Å²) in [5, 5.41) is 15.6. The largest absolute Gasteiger partial charge is 0.484 e. The third-order valence-corrected chi connectivity index (χ3v) is 4.50. The van der Waals surface area contributed by atoms with Crippen molar-refractivity contribution in [1.29, 1.82) is 0 Å². The van der Waals surface area contributed by atoms with E-state index in [4.69, 9.17) is 16.3 Å². The van der Waals surface area contributed by atoms with E-state index < -0.39 is 10.8 Å². The molecule has 1 amide bonds. The van der Waals surface area contributed by atoms with Crippen molar-refractivity contribution in [2.45, 2.75) is 12.8 Å². The number of benzene rings is 2. The number of halogens is 1. The second kappa shape index (κ2) is 9.18. The van der Waals surface area contributed by atoms with Gasteiger partial charge in [0.2, 0.25) is 0 Å². The van der Waals surface area contributed by atoms with Crippen molar-refractivity contribution in [1.82, 2.24) is 5.43 Å². The normalized spacial score (nSPS) is 13.7. The van der Waals surface area contributed by atoms with E-state index in [0.29, 0.717) is 16.3 Å². The third-order valence-electron chi connectivity index (χ3n) is 4.25. The van der Waals surface area contributed by atoms with E-state index in [1.54, 1.807) is 30.3 Å². The number of amides is 1. The van der Waals surface area contributed by atoms with Gasteiger partial charge in [0.15, 0.2) is 6.61 Å². The van der Waals surface area contributed by atoms with E-state index >= 15 is 0 Å². The molecule has 0 aromatic heterocycles. The van der Waals surface area contributed by atoms with Crippen LogP contribution in [0.1, 0.15) is 18.4 Å². The van der Waals surface area contributed by atoms with Crippen molar-refractivity contribution in [2.75, 3.05) is 24.6 Å². The highest BCUT2D eigenvalue weighted by atomic mass is 35.5. The minimum Gasteiger partial charge on any atom is -0.484 e. The van der Waals surface area contributed by atoms with Gasteiger partial charge in [-0.05, 0) is 43.2 Å². The topological polar surface area (TPSA) is 97.1 Å². The molecule has 28 heavy (non-hydrogen) atoms. The van der Waals surface area contributed by atoms with Gasteiger partial charge in [0.1, 0.15) is 5.75 Å². The smallest absolute Gasteiger partial charge is 0.277 e. The molecule has 0 bridgehead atoms. The number of nitrogens with one attached hydrogen (secondary N) is 1. The zero-order chi connectivity index (χ0) is 19.9. The van der Waals surface area contributed by atoms with Gasteiger partial charge < -0.3 is 9.64 Å². The highest BCUT2D eigenvalue weighted by Crippen LogP contribution is 2.27. The Balaban J connectivity index is 1.63. The molecule has 1 saturated heterocycles. The van der Waals surface area contributed by atoms with Gasteiger partial charge in [0.05, 0.1) is 11.1 Å². The lowest BCUT2D eigenvalue weighted by atomic mass is 10.1. The minimum atomic E-state index is -0.455. The Labute approximate surface area is 166 Å². The number of nitro groups is 1. The second-order valence-corrected chi connectivity index (χ2v) is 6.67. The van der Waals surface area contributed by atoms with Crippen molar-refractivity contribution < 1.29 is 14.5 Å². The molecule has 8 nitrogen and oxygen atoms in total. The molecular formula is C19H19ClN4O4. The number of rotatable bonds is 7. The van der Waals surface area contributed by atoms with Crippen LogP contribution in [0.25, 0.3) is 0 Å². The molecule has 0 radical (unpaired) electrons. The zero-order valence-electron chi connectivity index (χ0n) is 15.0. The van der Waals surface area contributed by atoms with Gasteiger partial charge in [0.25, 0.3) is 11.6 Å². The van der Waals surface area contributed by atoms with Crippen LogP contribution in [0, 0.1) is 10.1 Å². The second-order valence-electron chi connectivity index (χ2n) is 6.23. The number of ether oxygens (including phenoxy) is 1. The zero-order valence-corrected chi connectivity index (χ0v) is 15.8.